The van der Waals surface area contributed by atoms with Gasteiger partial charge in [0.05, 0.1) is 15.6 Å². The fourth-order valence-electron chi connectivity index (χ4n) is 2.15. The van der Waals surface area contributed by atoms with Crippen LogP contribution in [0.4, 0.5) is 11.4 Å². The highest BCUT2D eigenvalue weighted by Gasteiger charge is 2.14. The Balaban J connectivity index is 2.13. The van der Waals surface area contributed by atoms with Crippen LogP contribution in [-0.4, -0.2) is 26.8 Å². The van der Waals surface area contributed by atoms with Crippen LogP contribution in [0.1, 0.15) is 24.2 Å². The van der Waals surface area contributed by atoms with Gasteiger partial charge in [-0.15, -0.1) is 0 Å². The van der Waals surface area contributed by atoms with Crippen molar-refractivity contribution in [2.45, 2.75) is 18.7 Å². The summed E-state index contributed by atoms with van der Waals surface area (Å²) in [6, 6.07) is 10.2. The van der Waals surface area contributed by atoms with Crippen LogP contribution in [0.3, 0.4) is 0 Å². The van der Waals surface area contributed by atoms with Crippen molar-refractivity contribution in [3.63, 3.8) is 0 Å². The Bertz CT molecular complexity index is 928. The Kier molecular flexibility index (Phi) is 6.36. The minimum absolute atomic E-state index is 0.0820. The summed E-state index contributed by atoms with van der Waals surface area (Å²) < 4.78 is 26.2. The Morgan fingerprint density at radius 1 is 1.04 bits per heavy atom. The van der Waals surface area contributed by atoms with Crippen molar-refractivity contribution in [3.05, 3.63) is 53.1 Å². The maximum atomic E-state index is 12.3. The molecule has 0 spiro atoms. The summed E-state index contributed by atoms with van der Waals surface area (Å²) in [7, 11) is -3.57. The normalized spacial score (nSPS) is 11.0. The van der Waals surface area contributed by atoms with Crippen LogP contribution in [0.2, 0.25) is 5.02 Å². The molecule has 9 heteroatoms. The third-order valence-corrected chi connectivity index (χ3v) is 5.17. The number of anilines is 2. The van der Waals surface area contributed by atoms with E-state index in [0.717, 1.165) is 0 Å². The highest BCUT2D eigenvalue weighted by atomic mass is 35.5. The van der Waals surface area contributed by atoms with Crippen LogP contribution in [0.5, 0.6) is 0 Å². The first-order valence-corrected chi connectivity index (χ1v) is 9.57. The number of halogens is 1. The second-order valence-electron chi connectivity index (χ2n) is 5.36. The monoisotopic (exact) mass is 395 g/mol. The van der Waals surface area contributed by atoms with E-state index in [1.54, 1.807) is 19.1 Å². The van der Waals surface area contributed by atoms with E-state index in [1.807, 2.05) is 0 Å². The largest absolute Gasteiger partial charge is 0.325 e. The van der Waals surface area contributed by atoms with E-state index in [-0.39, 0.29) is 22.4 Å². The molecule has 0 fully saturated rings. The van der Waals surface area contributed by atoms with Crippen LogP contribution < -0.4 is 15.4 Å². The molecule has 26 heavy (non-hydrogen) atoms. The van der Waals surface area contributed by atoms with Crippen molar-refractivity contribution >= 4 is 44.8 Å². The molecule has 138 valence electrons. The number of hydrogen-bond acceptors (Lipinski definition) is 4. The molecular weight excluding hydrogens is 378 g/mol. The number of carbonyl (C=O) groups is 2. The molecule has 0 aliphatic rings. The highest BCUT2D eigenvalue weighted by molar-refractivity contribution is 7.89. The molecule has 0 unspecified atom stereocenters. The number of nitrogens with one attached hydrogen (secondary N) is 3. The number of rotatable bonds is 6. The Morgan fingerprint density at radius 3 is 2.23 bits per heavy atom. The molecule has 0 aliphatic carbocycles. The zero-order valence-electron chi connectivity index (χ0n) is 14.2. The molecule has 0 radical (unpaired) electrons. The topological polar surface area (TPSA) is 104 Å². The van der Waals surface area contributed by atoms with Gasteiger partial charge in [-0.05, 0) is 42.5 Å². The van der Waals surface area contributed by atoms with Gasteiger partial charge >= 0.3 is 0 Å². The SMILES string of the molecule is CCNS(=O)(=O)c1ccc(C(=O)Nc2ccc(NC(C)=O)c(Cl)c2)cc1. The molecule has 0 heterocycles. The van der Waals surface area contributed by atoms with Crippen LogP contribution in [0.15, 0.2) is 47.4 Å². The molecule has 0 atom stereocenters. The molecule has 3 N–H and O–H groups in total. The molecule has 0 aromatic heterocycles. The second-order valence-corrected chi connectivity index (χ2v) is 7.53. The number of hydrogen-bond donors (Lipinski definition) is 3. The number of benzene rings is 2. The predicted octanol–water partition coefficient (Wildman–Crippen LogP) is 2.85. The van der Waals surface area contributed by atoms with Crippen molar-refractivity contribution in [2.24, 2.45) is 0 Å². The van der Waals surface area contributed by atoms with Gasteiger partial charge in [0.15, 0.2) is 0 Å². The fourth-order valence-corrected chi connectivity index (χ4v) is 3.41. The van der Waals surface area contributed by atoms with Crippen LogP contribution in [-0.2, 0) is 14.8 Å². The van der Waals surface area contributed by atoms with E-state index in [9.17, 15) is 18.0 Å². The molecule has 7 nitrogen and oxygen atoms in total. The molecule has 2 aromatic carbocycles. The zero-order valence-corrected chi connectivity index (χ0v) is 15.7. The van der Waals surface area contributed by atoms with Crippen molar-refractivity contribution in [1.82, 2.24) is 4.72 Å². The van der Waals surface area contributed by atoms with Gasteiger partial charge in [-0.3, -0.25) is 9.59 Å². The first-order valence-electron chi connectivity index (χ1n) is 7.71. The quantitative estimate of drug-likeness (QED) is 0.699. The zero-order chi connectivity index (χ0) is 19.3. The van der Waals surface area contributed by atoms with E-state index in [2.05, 4.69) is 15.4 Å². The van der Waals surface area contributed by atoms with E-state index in [1.165, 1.54) is 37.3 Å². The van der Waals surface area contributed by atoms with Gasteiger partial charge in [-0.25, -0.2) is 13.1 Å². The first-order chi connectivity index (χ1) is 12.2. The van der Waals surface area contributed by atoms with Crippen molar-refractivity contribution in [1.29, 1.82) is 0 Å². The molecule has 2 amide bonds. The summed E-state index contributed by atoms with van der Waals surface area (Å²) in [5.41, 5.74) is 1.18. The molecular formula is C17H18ClN3O4S. The molecule has 0 saturated carbocycles. The van der Waals surface area contributed by atoms with Gasteiger partial charge in [-0.1, -0.05) is 18.5 Å². The lowest BCUT2D eigenvalue weighted by Gasteiger charge is -2.10. The molecule has 2 rings (SSSR count). The maximum Gasteiger partial charge on any atom is 0.255 e. The smallest absolute Gasteiger partial charge is 0.255 e. The minimum atomic E-state index is -3.57. The fraction of sp³-hybridized carbons (Fsp3) is 0.176. The third-order valence-electron chi connectivity index (χ3n) is 3.30. The Labute approximate surface area is 156 Å². The lowest BCUT2D eigenvalue weighted by molar-refractivity contribution is -0.114. The number of carbonyl (C=O) groups excluding carboxylic acids is 2. The molecule has 0 bridgehead atoms. The third kappa shape index (κ3) is 5.04. The molecule has 2 aromatic rings. The summed E-state index contributed by atoms with van der Waals surface area (Å²) in [6.07, 6.45) is 0. The van der Waals surface area contributed by atoms with E-state index in [4.69, 9.17) is 11.6 Å². The lowest BCUT2D eigenvalue weighted by atomic mass is 10.2. The second kappa shape index (κ2) is 8.31. The molecule has 0 aliphatic heterocycles. The van der Waals surface area contributed by atoms with Gasteiger partial charge in [0.25, 0.3) is 5.91 Å². The summed E-state index contributed by atoms with van der Waals surface area (Å²) in [5, 5.41) is 5.51. The van der Waals surface area contributed by atoms with Crippen LogP contribution in [0, 0.1) is 0 Å². The predicted molar refractivity (Wildman–Crippen MR) is 101 cm³/mol. The number of sulfonamides is 1. The van der Waals surface area contributed by atoms with Gasteiger partial charge in [0.1, 0.15) is 0 Å². The first kappa shape index (κ1) is 19.9. The van der Waals surface area contributed by atoms with Crippen LogP contribution >= 0.6 is 11.6 Å². The van der Waals surface area contributed by atoms with E-state index < -0.39 is 15.9 Å². The summed E-state index contributed by atoms with van der Waals surface area (Å²) >= 11 is 6.06. The summed E-state index contributed by atoms with van der Waals surface area (Å²) in [6.45, 7) is 3.33. The van der Waals surface area contributed by atoms with E-state index in [0.29, 0.717) is 16.9 Å². The lowest BCUT2D eigenvalue weighted by Crippen LogP contribution is -2.23. The van der Waals surface area contributed by atoms with Gasteiger partial charge in [0, 0.05) is 24.7 Å². The van der Waals surface area contributed by atoms with Gasteiger partial charge < -0.3 is 10.6 Å². The van der Waals surface area contributed by atoms with Crippen molar-refractivity contribution in [3.8, 4) is 0 Å². The highest BCUT2D eigenvalue weighted by Crippen LogP contribution is 2.26. The summed E-state index contributed by atoms with van der Waals surface area (Å²) in [4.78, 5) is 23.4. The summed E-state index contributed by atoms with van der Waals surface area (Å²) in [5.74, 6) is -0.669. The Hall–Kier alpha value is -2.42. The average Bonchev–Trinajstić information content (AvgIpc) is 2.57. The van der Waals surface area contributed by atoms with Crippen molar-refractivity contribution in [2.75, 3.05) is 17.2 Å². The Morgan fingerprint density at radius 2 is 1.69 bits per heavy atom. The standard InChI is InChI=1S/C17H18ClN3O4S/c1-3-19-26(24,25)14-7-4-12(5-8-14)17(23)21-13-6-9-16(15(18)10-13)20-11(2)22/h4-10,19H,3H2,1-2H3,(H,20,22)(H,21,23). The number of amides is 2. The van der Waals surface area contributed by atoms with Crippen LogP contribution in [0.25, 0.3) is 0 Å². The van der Waals surface area contributed by atoms with Gasteiger partial charge in [-0.2, -0.15) is 0 Å². The average molecular weight is 396 g/mol. The minimum Gasteiger partial charge on any atom is -0.325 e. The van der Waals surface area contributed by atoms with Gasteiger partial charge in [0.2, 0.25) is 15.9 Å². The van der Waals surface area contributed by atoms with E-state index >= 15 is 0 Å². The molecule has 0 saturated heterocycles. The maximum absolute atomic E-state index is 12.3. The van der Waals surface area contributed by atoms with Crippen molar-refractivity contribution < 1.29 is 18.0 Å².